The van der Waals surface area contributed by atoms with Crippen LogP contribution in [0.2, 0.25) is 0 Å². The quantitative estimate of drug-likeness (QED) is 0.641. The first-order chi connectivity index (χ1) is 11.5. The van der Waals surface area contributed by atoms with Crippen LogP contribution >= 0.6 is 0 Å². The molecule has 26 heavy (non-hydrogen) atoms. The van der Waals surface area contributed by atoms with Crippen molar-refractivity contribution in [2.45, 2.75) is 55.9 Å². The fraction of sp³-hybridized carbons (Fsp3) is 0.917. The minimum Gasteiger partial charge on any atom is -0.337 e. The predicted octanol–water partition coefficient (Wildman–Crippen LogP) is 4.42. The van der Waals surface area contributed by atoms with Gasteiger partial charge in [-0.3, -0.25) is 9.53 Å². The lowest BCUT2D eigenvalue weighted by Crippen LogP contribution is -2.64. The number of likely N-dealkylation sites (tertiary alicyclic amines) is 1. The number of alkyl halides is 11. The normalized spacial score (nSPS) is 20.5. The minimum atomic E-state index is -7.18. The van der Waals surface area contributed by atoms with Crippen LogP contribution in [0, 0.1) is 0 Å². The Morgan fingerprint density at radius 1 is 0.692 bits per heavy atom. The Morgan fingerprint density at radius 3 is 1.46 bits per heavy atom. The Labute approximate surface area is 139 Å². The monoisotopic (exact) mass is 411 g/mol. The Morgan fingerprint density at radius 2 is 1.12 bits per heavy atom. The van der Waals surface area contributed by atoms with Gasteiger partial charge in [-0.05, 0) is 12.8 Å². The summed E-state index contributed by atoms with van der Waals surface area (Å²) in [6, 6.07) is 0. The van der Waals surface area contributed by atoms with E-state index in [0.717, 1.165) is 0 Å². The lowest BCUT2D eigenvalue weighted by Gasteiger charge is -2.36. The van der Waals surface area contributed by atoms with E-state index in [1.165, 1.54) is 0 Å². The maximum atomic E-state index is 14.1. The Kier molecular flexibility index (Phi) is 6.11. The standard InChI is InChI=1S/C12H12F11NO2/c13-8(10(16,17)18,7(25)24-5-3-1-2-4-6-24)26-12(22,23)9(14,15)11(19,20)21/h1-6H2/t8-/m0/s1. The molecule has 0 aromatic carbocycles. The maximum Gasteiger partial charge on any atom is 0.462 e. The molecule has 0 radical (unpaired) electrons. The van der Waals surface area contributed by atoms with Crippen molar-refractivity contribution in [1.82, 2.24) is 4.90 Å². The minimum absolute atomic E-state index is 0.0504. The summed E-state index contributed by atoms with van der Waals surface area (Å²) in [5.41, 5.74) is 0. The second-order valence-electron chi connectivity index (χ2n) is 5.49. The van der Waals surface area contributed by atoms with Crippen LogP contribution in [0.4, 0.5) is 48.3 Å². The van der Waals surface area contributed by atoms with Crippen LogP contribution in [0.25, 0.3) is 0 Å². The molecule has 1 amide bonds. The Hall–Kier alpha value is -1.34. The van der Waals surface area contributed by atoms with Gasteiger partial charge in [0.1, 0.15) is 0 Å². The molecule has 1 rings (SSSR count). The van der Waals surface area contributed by atoms with Crippen molar-refractivity contribution >= 4 is 5.91 Å². The highest BCUT2D eigenvalue weighted by Crippen LogP contribution is 2.51. The smallest absolute Gasteiger partial charge is 0.337 e. The Bertz CT molecular complexity index is 508. The van der Waals surface area contributed by atoms with Crippen LogP contribution in [-0.4, -0.2) is 54.1 Å². The first kappa shape index (κ1) is 22.7. The van der Waals surface area contributed by atoms with Gasteiger partial charge in [0.05, 0.1) is 0 Å². The zero-order valence-electron chi connectivity index (χ0n) is 12.7. The molecule has 1 saturated heterocycles. The lowest BCUT2D eigenvalue weighted by molar-refractivity contribution is -0.473. The van der Waals surface area contributed by atoms with Crippen LogP contribution in [0.3, 0.4) is 0 Å². The van der Waals surface area contributed by atoms with E-state index in [0.29, 0.717) is 12.8 Å². The van der Waals surface area contributed by atoms with Gasteiger partial charge in [-0.1, -0.05) is 12.8 Å². The molecule has 0 bridgehead atoms. The molecule has 0 unspecified atom stereocenters. The second kappa shape index (κ2) is 7.00. The number of amides is 1. The maximum absolute atomic E-state index is 14.1. The van der Waals surface area contributed by atoms with Gasteiger partial charge in [0, 0.05) is 13.1 Å². The molecular weight excluding hydrogens is 399 g/mol. The van der Waals surface area contributed by atoms with Crippen molar-refractivity contribution in [2.75, 3.05) is 13.1 Å². The van der Waals surface area contributed by atoms with E-state index < -0.39 is 49.2 Å². The number of carbonyl (C=O) groups is 1. The molecule has 0 aromatic heterocycles. The highest BCUT2D eigenvalue weighted by Gasteiger charge is 2.79. The van der Waals surface area contributed by atoms with E-state index in [9.17, 15) is 53.1 Å². The SMILES string of the molecule is O=C(N1CCCCCC1)[C@](F)(OC(F)(F)C(F)(F)C(F)(F)F)C(F)(F)F. The summed E-state index contributed by atoms with van der Waals surface area (Å²) in [4.78, 5) is 11.8. The lowest BCUT2D eigenvalue weighted by atomic mass is 10.2. The molecule has 1 aliphatic rings. The molecule has 1 atom stereocenters. The molecule has 1 fully saturated rings. The average Bonchev–Trinajstić information content (AvgIpc) is 2.72. The van der Waals surface area contributed by atoms with Crippen LogP contribution < -0.4 is 0 Å². The largest absolute Gasteiger partial charge is 0.462 e. The fourth-order valence-electron chi connectivity index (χ4n) is 2.11. The van der Waals surface area contributed by atoms with E-state index >= 15 is 0 Å². The van der Waals surface area contributed by atoms with Gasteiger partial charge >= 0.3 is 30.2 Å². The van der Waals surface area contributed by atoms with Gasteiger partial charge in [-0.25, -0.2) is 0 Å². The summed E-state index contributed by atoms with van der Waals surface area (Å²) in [6.45, 7) is -1.07. The molecule has 14 heteroatoms. The van der Waals surface area contributed by atoms with Crippen molar-refractivity contribution in [3.05, 3.63) is 0 Å². The van der Waals surface area contributed by atoms with Crippen molar-refractivity contribution in [3.63, 3.8) is 0 Å². The number of rotatable bonds is 4. The number of halogens is 11. The molecule has 3 nitrogen and oxygen atoms in total. The summed E-state index contributed by atoms with van der Waals surface area (Å²) < 4.78 is 143. The summed E-state index contributed by atoms with van der Waals surface area (Å²) in [7, 11) is 0. The van der Waals surface area contributed by atoms with Crippen molar-refractivity contribution in [1.29, 1.82) is 0 Å². The van der Waals surface area contributed by atoms with Crippen LogP contribution in [0.15, 0.2) is 0 Å². The molecule has 1 heterocycles. The predicted molar refractivity (Wildman–Crippen MR) is 62.0 cm³/mol. The van der Waals surface area contributed by atoms with Crippen molar-refractivity contribution in [2.24, 2.45) is 0 Å². The molecule has 0 N–H and O–H groups in total. The summed E-state index contributed by atoms with van der Waals surface area (Å²) in [5.74, 6) is -16.1. The number of carbonyl (C=O) groups excluding carboxylic acids is 1. The third-order valence-corrected chi connectivity index (χ3v) is 3.52. The molecule has 154 valence electrons. The number of hydrogen-bond acceptors (Lipinski definition) is 2. The first-order valence-electron chi connectivity index (χ1n) is 7.05. The van der Waals surface area contributed by atoms with Crippen molar-refractivity contribution in [3.8, 4) is 0 Å². The Balaban J connectivity index is 3.26. The topological polar surface area (TPSA) is 29.5 Å². The molecule has 0 aromatic rings. The third-order valence-electron chi connectivity index (χ3n) is 3.52. The van der Waals surface area contributed by atoms with Gasteiger partial charge in [-0.15, -0.1) is 0 Å². The zero-order valence-corrected chi connectivity index (χ0v) is 12.7. The highest BCUT2D eigenvalue weighted by atomic mass is 19.4. The zero-order chi connectivity index (χ0) is 20.6. The van der Waals surface area contributed by atoms with Gasteiger partial charge in [0.2, 0.25) is 0 Å². The first-order valence-corrected chi connectivity index (χ1v) is 7.05. The van der Waals surface area contributed by atoms with Gasteiger partial charge in [0.25, 0.3) is 5.91 Å². The van der Waals surface area contributed by atoms with E-state index in [2.05, 4.69) is 4.74 Å². The van der Waals surface area contributed by atoms with E-state index in [4.69, 9.17) is 0 Å². The summed E-state index contributed by atoms with van der Waals surface area (Å²) in [6.07, 6.45) is -19.8. The fourth-order valence-corrected chi connectivity index (χ4v) is 2.11. The van der Waals surface area contributed by atoms with E-state index in [1.54, 1.807) is 0 Å². The highest BCUT2D eigenvalue weighted by molar-refractivity contribution is 5.84. The molecule has 0 aliphatic carbocycles. The number of hydrogen-bond donors (Lipinski definition) is 0. The van der Waals surface area contributed by atoms with Crippen LogP contribution in [0.5, 0.6) is 0 Å². The average molecular weight is 411 g/mol. The molecular formula is C12H12F11NO2. The number of nitrogens with zero attached hydrogens (tertiary/aromatic N) is 1. The molecule has 1 aliphatic heterocycles. The van der Waals surface area contributed by atoms with Crippen LogP contribution in [0.1, 0.15) is 25.7 Å². The number of ether oxygens (including phenoxy) is 1. The van der Waals surface area contributed by atoms with Crippen LogP contribution in [-0.2, 0) is 9.53 Å². The van der Waals surface area contributed by atoms with E-state index in [1.807, 2.05) is 0 Å². The van der Waals surface area contributed by atoms with Gasteiger partial charge in [-0.2, -0.15) is 48.3 Å². The second-order valence-corrected chi connectivity index (χ2v) is 5.49. The molecule has 0 saturated carbocycles. The molecule has 0 spiro atoms. The van der Waals surface area contributed by atoms with E-state index in [-0.39, 0.29) is 17.7 Å². The van der Waals surface area contributed by atoms with Gasteiger partial charge in [0.15, 0.2) is 0 Å². The summed E-state index contributed by atoms with van der Waals surface area (Å²) in [5, 5.41) is 0. The van der Waals surface area contributed by atoms with Crippen molar-refractivity contribution < 1.29 is 57.8 Å². The summed E-state index contributed by atoms with van der Waals surface area (Å²) >= 11 is 0. The third kappa shape index (κ3) is 4.14. The van der Waals surface area contributed by atoms with Gasteiger partial charge < -0.3 is 4.90 Å².